The van der Waals surface area contributed by atoms with Gasteiger partial charge in [0, 0.05) is 11.1 Å². The topological polar surface area (TPSA) is 101 Å². The molecular weight excluding hydrogens is 406 g/mol. The van der Waals surface area contributed by atoms with E-state index in [-0.39, 0.29) is 16.5 Å². The lowest BCUT2D eigenvalue weighted by Gasteiger charge is -2.20. The summed E-state index contributed by atoms with van der Waals surface area (Å²) in [5.41, 5.74) is 2.21. The Balaban J connectivity index is 1.91. The third-order valence-electron chi connectivity index (χ3n) is 5.13. The van der Waals surface area contributed by atoms with Gasteiger partial charge in [-0.3, -0.25) is 9.59 Å². The van der Waals surface area contributed by atoms with Gasteiger partial charge in [-0.25, -0.2) is 9.48 Å². The van der Waals surface area contributed by atoms with Crippen molar-refractivity contribution in [2.75, 3.05) is 5.32 Å². The Morgan fingerprint density at radius 2 is 1.50 bits per heavy atom. The van der Waals surface area contributed by atoms with Crippen LogP contribution in [-0.2, 0) is 4.79 Å². The number of carboxylic acid groups (broad SMARTS) is 1. The number of aryl methyl sites for hydroxylation is 2. The van der Waals surface area contributed by atoms with Crippen LogP contribution in [0.2, 0.25) is 0 Å². The summed E-state index contributed by atoms with van der Waals surface area (Å²) < 4.78 is 0.957. The largest absolute Gasteiger partial charge is 0.476 e. The molecule has 7 heteroatoms. The molecule has 160 valence electrons. The van der Waals surface area contributed by atoms with Gasteiger partial charge in [0.1, 0.15) is 0 Å². The number of nitrogens with zero attached hydrogens (tertiary/aromatic N) is 2. The molecular formula is C25H21N3O4. The fraction of sp³-hybridized carbons (Fsp3) is 0.120. The number of hydrogen-bond acceptors (Lipinski definition) is 4. The summed E-state index contributed by atoms with van der Waals surface area (Å²) in [6, 6.07) is 19.5. The first-order valence-electron chi connectivity index (χ1n) is 10.0. The summed E-state index contributed by atoms with van der Waals surface area (Å²) in [7, 11) is 0. The fourth-order valence-electron chi connectivity index (χ4n) is 3.84. The number of carboxylic acids is 1. The second kappa shape index (κ2) is 8.47. The third kappa shape index (κ3) is 4.00. The third-order valence-corrected chi connectivity index (χ3v) is 5.13. The van der Waals surface area contributed by atoms with E-state index in [1.807, 2.05) is 32.0 Å². The molecule has 1 unspecified atom stereocenters. The Morgan fingerprint density at radius 1 is 0.906 bits per heavy atom. The first-order chi connectivity index (χ1) is 15.3. The van der Waals surface area contributed by atoms with Crippen molar-refractivity contribution in [2.45, 2.75) is 19.9 Å². The van der Waals surface area contributed by atoms with Crippen LogP contribution in [0.5, 0.6) is 0 Å². The van der Waals surface area contributed by atoms with E-state index in [2.05, 4.69) is 10.4 Å². The molecule has 2 N–H and O–H groups in total. The smallest absolute Gasteiger partial charge is 0.357 e. The molecule has 0 aliphatic heterocycles. The van der Waals surface area contributed by atoms with Gasteiger partial charge in [-0.05, 0) is 48.7 Å². The van der Waals surface area contributed by atoms with Gasteiger partial charge >= 0.3 is 5.97 Å². The maximum Gasteiger partial charge on any atom is 0.357 e. The molecule has 1 amide bonds. The van der Waals surface area contributed by atoms with E-state index in [0.717, 1.165) is 15.8 Å². The number of carbonyl (C=O) groups excluding carboxylic acids is 1. The highest BCUT2D eigenvalue weighted by Crippen LogP contribution is 2.22. The van der Waals surface area contributed by atoms with Gasteiger partial charge in [-0.1, -0.05) is 54.6 Å². The molecule has 0 aliphatic carbocycles. The van der Waals surface area contributed by atoms with Crippen LogP contribution in [-0.4, -0.2) is 26.8 Å². The quantitative estimate of drug-likeness (QED) is 0.502. The Kier molecular flexibility index (Phi) is 5.55. The Labute approximate surface area is 183 Å². The fourth-order valence-corrected chi connectivity index (χ4v) is 3.84. The van der Waals surface area contributed by atoms with Gasteiger partial charge < -0.3 is 10.4 Å². The molecule has 0 fully saturated rings. The van der Waals surface area contributed by atoms with E-state index in [9.17, 15) is 19.5 Å². The van der Waals surface area contributed by atoms with Crippen LogP contribution in [0, 0.1) is 13.8 Å². The van der Waals surface area contributed by atoms with Gasteiger partial charge in [-0.2, -0.15) is 5.10 Å². The van der Waals surface area contributed by atoms with Crippen molar-refractivity contribution in [3.63, 3.8) is 0 Å². The number of anilines is 1. The average molecular weight is 427 g/mol. The number of carbonyl (C=O) groups is 2. The molecule has 32 heavy (non-hydrogen) atoms. The summed E-state index contributed by atoms with van der Waals surface area (Å²) in [5.74, 6) is -1.78. The van der Waals surface area contributed by atoms with Crippen molar-refractivity contribution in [1.82, 2.24) is 9.78 Å². The van der Waals surface area contributed by atoms with E-state index in [0.29, 0.717) is 11.3 Å². The molecule has 4 rings (SSSR count). The summed E-state index contributed by atoms with van der Waals surface area (Å²) in [5, 5.41) is 17.1. The summed E-state index contributed by atoms with van der Waals surface area (Å²) in [4.78, 5) is 38.7. The van der Waals surface area contributed by atoms with Crippen molar-refractivity contribution in [3.05, 3.63) is 106 Å². The van der Waals surface area contributed by atoms with Crippen LogP contribution in [0.15, 0.2) is 77.6 Å². The van der Waals surface area contributed by atoms with Crippen molar-refractivity contribution in [3.8, 4) is 0 Å². The minimum absolute atomic E-state index is 0.181. The molecule has 1 atom stereocenters. The lowest BCUT2D eigenvalue weighted by Crippen LogP contribution is -2.37. The number of aromatic nitrogens is 2. The highest BCUT2D eigenvalue weighted by Gasteiger charge is 2.28. The van der Waals surface area contributed by atoms with Crippen LogP contribution < -0.4 is 10.9 Å². The summed E-state index contributed by atoms with van der Waals surface area (Å²) >= 11 is 0. The molecule has 0 saturated heterocycles. The lowest BCUT2D eigenvalue weighted by atomic mass is 10.0. The lowest BCUT2D eigenvalue weighted by molar-refractivity contribution is -0.118. The van der Waals surface area contributed by atoms with Crippen LogP contribution in [0.3, 0.4) is 0 Å². The molecule has 4 aromatic rings. The minimum Gasteiger partial charge on any atom is -0.476 e. The number of rotatable bonds is 5. The summed E-state index contributed by atoms with van der Waals surface area (Å²) in [6.45, 7) is 3.84. The minimum atomic E-state index is -1.28. The average Bonchev–Trinajstić information content (AvgIpc) is 2.75. The molecule has 3 aromatic carbocycles. The van der Waals surface area contributed by atoms with E-state index in [4.69, 9.17) is 0 Å². The SMILES string of the molecule is Cc1cc(C)cc(NC(=O)C(c2ccccc2)n2nc(C(=O)O)c3ccccc3c2=O)c1. The molecule has 1 aromatic heterocycles. The predicted molar refractivity (Wildman–Crippen MR) is 122 cm³/mol. The Bertz CT molecular complexity index is 1370. The monoisotopic (exact) mass is 427 g/mol. The van der Waals surface area contributed by atoms with Crippen molar-refractivity contribution in [2.24, 2.45) is 0 Å². The summed E-state index contributed by atoms with van der Waals surface area (Å²) in [6.07, 6.45) is 0. The zero-order chi connectivity index (χ0) is 22.8. The number of fused-ring (bicyclic) bond motifs is 1. The zero-order valence-electron chi connectivity index (χ0n) is 17.6. The van der Waals surface area contributed by atoms with E-state index in [1.165, 1.54) is 12.1 Å². The van der Waals surface area contributed by atoms with Crippen LogP contribution >= 0.6 is 0 Å². The van der Waals surface area contributed by atoms with Gasteiger partial charge in [0.15, 0.2) is 11.7 Å². The zero-order valence-corrected chi connectivity index (χ0v) is 17.6. The second-order valence-corrected chi connectivity index (χ2v) is 7.63. The van der Waals surface area contributed by atoms with E-state index >= 15 is 0 Å². The van der Waals surface area contributed by atoms with E-state index in [1.54, 1.807) is 42.5 Å². The van der Waals surface area contributed by atoms with Crippen LogP contribution in [0.4, 0.5) is 5.69 Å². The Morgan fingerprint density at radius 3 is 2.12 bits per heavy atom. The molecule has 7 nitrogen and oxygen atoms in total. The second-order valence-electron chi connectivity index (χ2n) is 7.63. The first-order valence-corrected chi connectivity index (χ1v) is 10.0. The number of hydrogen-bond donors (Lipinski definition) is 2. The normalized spacial score (nSPS) is 11.8. The molecule has 1 heterocycles. The number of nitrogens with one attached hydrogen (secondary N) is 1. The highest BCUT2D eigenvalue weighted by atomic mass is 16.4. The van der Waals surface area contributed by atoms with Crippen molar-refractivity contribution in [1.29, 1.82) is 0 Å². The molecule has 0 spiro atoms. The van der Waals surface area contributed by atoms with Crippen LogP contribution in [0.25, 0.3) is 10.8 Å². The highest BCUT2D eigenvalue weighted by molar-refractivity contribution is 6.01. The van der Waals surface area contributed by atoms with Gasteiger partial charge in [0.2, 0.25) is 0 Å². The number of benzene rings is 3. The molecule has 0 saturated carbocycles. The molecule has 0 bridgehead atoms. The standard InChI is InChI=1S/C25H21N3O4/c1-15-12-16(2)14-18(13-15)26-23(29)22(17-8-4-3-5-9-17)28-24(30)20-11-7-6-10-19(20)21(27-28)25(31)32/h3-14,22H,1-2H3,(H,26,29)(H,31,32). The van der Waals surface area contributed by atoms with Gasteiger partial charge in [-0.15, -0.1) is 0 Å². The van der Waals surface area contributed by atoms with Crippen molar-refractivity contribution < 1.29 is 14.7 Å². The van der Waals surface area contributed by atoms with Gasteiger partial charge in [0.25, 0.3) is 11.5 Å². The Hall–Kier alpha value is -4.26. The predicted octanol–water partition coefficient (Wildman–Crippen LogP) is 3.94. The first kappa shape index (κ1) is 21.0. The number of aromatic carboxylic acids is 1. The molecule has 0 aliphatic rings. The number of amides is 1. The van der Waals surface area contributed by atoms with Crippen molar-refractivity contribution >= 4 is 28.3 Å². The maximum atomic E-state index is 13.4. The van der Waals surface area contributed by atoms with Crippen LogP contribution in [0.1, 0.15) is 33.2 Å². The van der Waals surface area contributed by atoms with Gasteiger partial charge in [0.05, 0.1) is 5.39 Å². The van der Waals surface area contributed by atoms with E-state index < -0.39 is 23.5 Å². The molecule has 0 radical (unpaired) electrons. The maximum absolute atomic E-state index is 13.4.